The second-order valence-corrected chi connectivity index (χ2v) is 5.28. The molecule has 1 saturated heterocycles. The van der Waals surface area contributed by atoms with Crippen LogP contribution in [0.3, 0.4) is 0 Å². The van der Waals surface area contributed by atoms with Crippen LogP contribution in [0.25, 0.3) is 11.0 Å². The maximum absolute atomic E-state index is 12.8. The van der Waals surface area contributed by atoms with Gasteiger partial charge in [0.05, 0.1) is 11.0 Å². The van der Waals surface area contributed by atoms with E-state index in [0.29, 0.717) is 29.2 Å². The number of rotatable bonds is 3. The third-order valence-electron chi connectivity index (χ3n) is 3.70. The molecule has 1 N–H and O–H groups in total. The minimum Gasteiger partial charge on any atom is -0.319 e. The Morgan fingerprint density at radius 3 is 2.80 bits per heavy atom. The number of para-hydroxylation sites is 2. The van der Waals surface area contributed by atoms with Gasteiger partial charge < -0.3 is 9.88 Å². The summed E-state index contributed by atoms with van der Waals surface area (Å²) in [6, 6.07) is 7.01. The molecule has 1 aromatic carbocycles. The van der Waals surface area contributed by atoms with Gasteiger partial charge in [0.2, 0.25) is 0 Å². The Labute approximate surface area is 114 Å². The Bertz CT molecular complexity index is 597. The standard InChI is InChI=1S/C14H16F3N3/c15-14(16,17)9-20-12-4-2-1-3-11(12)19-13(20)7-10-5-6-18-8-10/h1-4,10,18H,5-9H2. The Kier molecular flexibility index (Phi) is 3.41. The van der Waals surface area contributed by atoms with Gasteiger partial charge in [-0.05, 0) is 37.6 Å². The van der Waals surface area contributed by atoms with Crippen molar-refractivity contribution >= 4 is 11.0 Å². The van der Waals surface area contributed by atoms with Crippen LogP contribution in [-0.4, -0.2) is 28.8 Å². The fourth-order valence-electron chi connectivity index (χ4n) is 2.78. The highest BCUT2D eigenvalue weighted by molar-refractivity contribution is 5.75. The molecule has 1 aromatic heterocycles. The number of hydrogen-bond acceptors (Lipinski definition) is 2. The summed E-state index contributed by atoms with van der Waals surface area (Å²) in [5.41, 5.74) is 1.20. The zero-order chi connectivity index (χ0) is 14.2. The fourth-order valence-corrected chi connectivity index (χ4v) is 2.78. The number of imidazole rings is 1. The SMILES string of the molecule is FC(F)(F)Cn1c(CC2CCNC2)nc2ccccc21. The van der Waals surface area contributed by atoms with Crippen LogP contribution >= 0.6 is 0 Å². The van der Waals surface area contributed by atoms with Crippen molar-refractivity contribution in [2.45, 2.75) is 25.6 Å². The molecule has 2 aromatic rings. The molecule has 1 fully saturated rings. The molecule has 0 amide bonds. The van der Waals surface area contributed by atoms with Gasteiger partial charge in [0.15, 0.2) is 0 Å². The highest BCUT2D eigenvalue weighted by Crippen LogP contribution is 2.25. The van der Waals surface area contributed by atoms with Crippen LogP contribution in [0, 0.1) is 5.92 Å². The highest BCUT2D eigenvalue weighted by Gasteiger charge is 2.30. The minimum absolute atomic E-state index is 0.374. The zero-order valence-electron chi connectivity index (χ0n) is 11.0. The van der Waals surface area contributed by atoms with E-state index in [2.05, 4.69) is 10.3 Å². The summed E-state index contributed by atoms with van der Waals surface area (Å²) in [6.07, 6.45) is -2.64. The van der Waals surface area contributed by atoms with Gasteiger partial charge >= 0.3 is 6.18 Å². The van der Waals surface area contributed by atoms with Crippen molar-refractivity contribution in [1.29, 1.82) is 0 Å². The van der Waals surface area contributed by atoms with Crippen LogP contribution < -0.4 is 5.32 Å². The normalized spacial score (nSPS) is 19.9. The molecule has 2 heterocycles. The number of fused-ring (bicyclic) bond motifs is 1. The summed E-state index contributed by atoms with van der Waals surface area (Å²) in [5.74, 6) is 0.913. The maximum Gasteiger partial charge on any atom is 0.406 e. The highest BCUT2D eigenvalue weighted by atomic mass is 19.4. The van der Waals surface area contributed by atoms with E-state index in [0.717, 1.165) is 19.5 Å². The molecule has 0 bridgehead atoms. The number of halogens is 3. The van der Waals surface area contributed by atoms with Crippen molar-refractivity contribution < 1.29 is 13.2 Å². The molecule has 3 nitrogen and oxygen atoms in total. The Balaban J connectivity index is 1.98. The molecule has 0 spiro atoms. The van der Waals surface area contributed by atoms with Crippen molar-refractivity contribution in [1.82, 2.24) is 14.9 Å². The molecular weight excluding hydrogens is 267 g/mol. The monoisotopic (exact) mass is 283 g/mol. The molecule has 3 rings (SSSR count). The first kappa shape index (κ1) is 13.4. The second-order valence-electron chi connectivity index (χ2n) is 5.28. The number of nitrogens with one attached hydrogen (secondary N) is 1. The van der Waals surface area contributed by atoms with E-state index in [4.69, 9.17) is 0 Å². The lowest BCUT2D eigenvalue weighted by Gasteiger charge is -2.14. The molecule has 1 atom stereocenters. The van der Waals surface area contributed by atoms with Gasteiger partial charge in [-0.1, -0.05) is 12.1 Å². The number of aromatic nitrogens is 2. The molecule has 1 aliphatic rings. The number of nitrogens with zero attached hydrogens (tertiary/aromatic N) is 2. The lowest BCUT2D eigenvalue weighted by atomic mass is 10.0. The van der Waals surface area contributed by atoms with E-state index >= 15 is 0 Å². The minimum atomic E-state index is -4.23. The summed E-state index contributed by atoms with van der Waals surface area (Å²) in [6.45, 7) is 0.822. The Morgan fingerprint density at radius 2 is 2.10 bits per heavy atom. The van der Waals surface area contributed by atoms with Crippen molar-refractivity contribution in [3.05, 3.63) is 30.1 Å². The van der Waals surface area contributed by atoms with Gasteiger partial charge in [0.25, 0.3) is 0 Å². The van der Waals surface area contributed by atoms with E-state index in [1.54, 1.807) is 24.3 Å². The summed E-state index contributed by atoms with van der Waals surface area (Å²) < 4.78 is 39.7. The smallest absolute Gasteiger partial charge is 0.319 e. The number of hydrogen-bond donors (Lipinski definition) is 1. The largest absolute Gasteiger partial charge is 0.406 e. The topological polar surface area (TPSA) is 29.9 Å². The van der Waals surface area contributed by atoms with Crippen LogP contribution in [0.5, 0.6) is 0 Å². The second kappa shape index (κ2) is 5.09. The molecule has 1 unspecified atom stereocenters. The first-order valence-electron chi connectivity index (χ1n) is 6.74. The molecule has 108 valence electrons. The van der Waals surface area contributed by atoms with Crippen LogP contribution in [0.4, 0.5) is 13.2 Å². The van der Waals surface area contributed by atoms with E-state index in [-0.39, 0.29) is 0 Å². The molecular formula is C14H16F3N3. The van der Waals surface area contributed by atoms with Crippen LogP contribution in [0.15, 0.2) is 24.3 Å². The van der Waals surface area contributed by atoms with E-state index in [9.17, 15) is 13.2 Å². The average Bonchev–Trinajstić information content (AvgIpc) is 2.98. The Morgan fingerprint density at radius 1 is 1.30 bits per heavy atom. The number of benzene rings is 1. The third-order valence-corrected chi connectivity index (χ3v) is 3.70. The first-order valence-corrected chi connectivity index (χ1v) is 6.74. The quantitative estimate of drug-likeness (QED) is 0.938. The van der Waals surface area contributed by atoms with Crippen LogP contribution in [0.1, 0.15) is 12.2 Å². The molecule has 0 saturated carbocycles. The predicted molar refractivity (Wildman–Crippen MR) is 70.5 cm³/mol. The summed E-state index contributed by atoms with van der Waals surface area (Å²) >= 11 is 0. The summed E-state index contributed by atoms with van der Waals surface area (Å²) in [5, 5.41) is 3.23. The number of alkyl halides is 3. The Hall–Kier alpha value is -1.56. The molecule has 0 radical (unpaired) electrons. The fraction of sp³-hybridized carbons (Fsp3) is 0.500. The molecule has 0 aliphatic carbocycles. The third kappa shape index (κ3) is 2.80. The predicted octanol–water partition coefficient (Wildman–Crippen LogP) is 2.75. The molecule has 20 heavy (non-hydrogen) atoms. The van der Waals surface area contributed by atoms with Crippen LogP contribution in [-0.2, 0) is 13.0 Å². The summed E-state index contributed by atoms with van der Waals surface area (Å²) in [4.78, 5) is 4.40. The van der Waals surface area contributed by atoms with Gasteiger partial charge in [-0.25, -0.2) is 4.98 Å². The van der Waals surface area contributed by atoms with E-state index in [1.165, 1.54) is 4.57 Å². The molecule has 6 heteroatoms. The van der Waals surface area contributed by atoms with Crippen LogP contribution in [0.2, 0.25) is 0 Å². The first-order chi connectivity index (χ1) is 9.53. The van der Waals surface area contributed by atoms with E-state index < -0.39 is 12.7 Å². The molecule has 1 aliphatic heterocycles. The van der Waals surface area contributed by atoms with Crippen molar-refractivity contribution in [2.75, 3.05) is 13.1 Å². The maximum atomic E-state index is 12.8. The van der Waals surface area contributed by atoms with Gasteiger partial charge in [-0.3, -0.25) is 0 Å². The van der Waals surface area contributed by atoms with Gasteiger partial charge in [-0.2, -0.15) is 13.2 Å². The lowest BCUT2D eigenvalue weighted by Crippen LogP contribution is -2.21. The zero-order valence-corrected chi connectivity index (χ0v) is 11.0. The lowest BCUT2D eigenvalue weighted by molar-refractivity contribution is -0.140. The average molecular weight is 283 g/mol. The van der Waals surface area contributed by atoms with Crippen molar-refractivity contribution in [3.63, 3.8) is 0 Å². The van der Waals surface area contributed by atoms with E-state index in [1.807, 2.05) is 0 Å². The summed E-state index contributed by atoms with van der Waals surface area (Å²) in [7, 11) is 0. The van der Waals surface area contributed by atoms with Crippen molar-refractivity contribution in [3.8, 4) is 0 Å². The van der Waals surface area contributed by atoms with Crippen molar-refractivity contribution in [2.24, 2.45) is 5.92 Å². The van der Waals surface area contributed by atoms with Gasteiger partial charge in [0.1, 0.15) is 12.4 Å². The van der Waals surface area contributed by atoms with Gasteiger partial charge in [0, 0.05) is 6.42 Å². The van der Waals surface area contributed by atoms with Gasteiger partial charge in [-0.15, -0.1) is 0 Å².